The second kappa shape index (κ2) is 4.92. The van der Waals surface area contributed by atoms with E-state index >= 15 is 0 Å². The first-order valence-electron chi connectivity index (χ1n) is 6.14. The van der Waals surface area contributed by atoms with Crippen LogP contribution in [0.5, 0.6) is 0 Å². The van der Waals surface area contributed by atoms with Crippen molar-refractivity contribution < 1.29 is 19.1 Å². The minimum atomic E-state index is -1.52. The Labute approximate surface area is 116 Å². The summed E-state index contributed by atoms with van der Waals surface area (Å²) in [6.45, 7) is 2.73. The SMILES string of the molecule is COC(=O)C1=C(c2ccccc2)NC(=O)C1(C)C(C)=O. The minimum Gasteiger partial charge on any atom is -0.466 e. The molecule has 1 aromatic rings. The Balaban J connectivity index is 2.70. The van der Waals surface area contributed by atoms with Gasteiger partial charge in [-0.1, -0.05) is 30.3 Å². The molecule has 0 spiro atoms. The van der Waals surface area contributed by atoms with Crippen molar-refractivity contribution in [3.63, 3.8) is 0 Å². The molecule has 1 N–H and O–H groups in total. The molecule has 1 amide bonds. The van der Waals surface area contributed by atoms with Crippen LogP contribution < -0.4 is 5.32 Å². The Kier molecular flexibility index (Phi) is 3.44. The summed E-state index contributed by atoms with van der Waals surface area (Å²) in [5.41, 5.74) is -0.465. The van der Waals surface area contributed by atoms with E-state index in [0.29, 0.717) is 11.3 Å². The summed E-state index contributed by atoms with van der Waals surface area (Å²) in [4.78, 5) is 36.1. The van der Waals surface area contributed by atoms with Crippen LogP contribution in [-0.4, -0.2) is 24.8 Å². The van der Waals surface area contributed by atoms with Gasteiger partial charge in [-0.25, -0.2) is 4.79 Å². The number of amides is 1. The lowest BCUT2D eigenvalue weighted by atomic mass is 9.79. The smallest absolute Gasteiger partial charge is 0.337 e. The monoisotopic (exact) mass is 273 g/mol. The first-order chi connectivity index (χ1) is 9.42. The quantitative estimate of drug-likeness (QED) is 0.665. The van der Waals surface area contributed by atoms with Crippen LogP contribution in [0.4, 0.5) is 0 Å². The van der Waals surface area contributed by atoms with Crippen molar-refractivity contribution in [2.75, 3.05) is 7.11 Å². The maximum atomic E-state index is 12.2. The van der Waals surface area contributed by atoms with Crippen molar-refractivity contribution in [1.82, 2.24) is 5.32 Å². The molecule has 5 nitrogen and oxygen atoms in total. The van der Waals surface area contributed by atoms with Gasteiger partial charge >= 0.3 is 5.97 Å². The van der Waals surface area contributed by atoms with Gasteiger partial charge in [0.15, 0.2) is 0 Å². The van der Waals surface area contributed by atoms with Crippen LogP contribution in [-0.2, 0) is 19.1 Å². The molecule has 1 atom stereocenters. The number of ketones is 1. The maximum absolute atomic E-state index is 12.2. The van der Waals surface area contributed by atoms with E-state index in [1.54, 1.807) is 24.3 Å². The van der Waals surface area contributed by atoms with Gasteiger partial charge in [-0.05, 0) is 19.4 Å². The van der Waals surface area contributed by atoms with Gasteiger partial charge in [0.2, 0.25) is 5.91 Å². The van der Waals surface area contributed by atoms with Crippen molar-refractivity contribution in [2.45, 2.75) is 13.8 Å². The molecule has 1 unspecified atom stereocenters. The molecule has 5 heteroatoms. The molecule has 0 aromatic heterocycles. The van der Waals surface area contributed by atoms with Gasteiger partial charge in [0.25, 0.3) is 0 Å². The summed E-state index contributed by atoms with van der Waals surface area (Å²) in [7, 11) is 1.22. The van der Waals surface area contributed by atoms with E-state index in [4.69, 9.17) is 4.74 Å². The number of hydrogen-bond donors (Lipinski definition) is 1. The van der Waals surface area contributed by atoms with Crippen LogP contribution in [0.15, 0.2) is 35.9 Å². The molecule has 1 heterocycles. The molecular weight excluding hydrogens is 258 g/mol. The molecule has 0 aliphatic carbocycles. The third-order valence-corrected chi connectivity index (χ3v) is 3.60. The predicted octanol–water partition coefficient (Wildman–Crippen LogP) is 1.30. The van der Waals surface area contributed by atoms with Gasteiger partial charge in [-0.3, -0.25) is 9.59 Å². The summed E-state index contributed by atoms with van der Waals surface area (Å²) in [5, 5.41) is 2.63. The van der Waals surface area contributed by atoms with Crippen molar-refractivity contribution >= 4 is 23.4 Å². The highest BCUT2D eigenvalue weighted by Gasteiger charge is 2.52. The van der Waals surface area contributed by atoms with Crippen LogP contribution in [0.1, 0.15) is 19.4 Å². The third-order valence-electron chi connectivity index (χ3n) is 3.60. The highest BCUT2D eigenvalue weighted by atomic mass is 16.5. The van der Waals surface area contributed by atoms with Crippen LogP contribution in [0.3, 0.4) is 0 Å². The summed E-state index contributed by atoms with van der Waals surface area (Å²) >= 11 is 0. The second-order valence-electron chi connectivity index (χ2n) is 4.74. The number of carbonyl (C=O) groups is 3. The van der Waals surface area contributed by atoms with Crippen molar-refractivity contribution in [3.8, 4) is 0 Å². The molecule has 0 fully saturated rings. The number of methoxy groups -OCH3 is 1. The lowest BCUT2D eigenvalue weighted by Gasteiger charge is -2.19. The van der Waals surface area contributed by atoms with Gasteiger partial charge in [-0.2, -0.15) is 0 Å². The Morgan fingerprint density at radius 3 is 2.30 bits per heavy atom. The van der Waals surface area contributed by atoms with Crippen LogP contribution in [0, 0.1) is 5.41 Å². The number of benzene rings is 1. The number of carbonyl (C=O) groups excluding carboxylic acids is 3. The average Bonchev–Trinajstić information content (AvgIpc) is 2.73. The molecular formula is C15H15NO4. The number of ether oxygens (including phenoxy) is 1. The fraction of sp³-hybridized carbons (Fsp3) is 0.267. The molecule has 0 radical (unpaired) electrons. The molecule has 104 valence electrons. The zero-order valence-electron chi connectivity index (χ0n) is 11.5. The molecule has 2 rings (SSSR count). The van der Waals surface area contributed by atoms with Crippen molar-refractivity contribution in [2.24, 2.45) is 5.41 Å². The number of hydrogen-bond acceptors (Lipinski definition) is 4. The highest BCUT2D eigenvalue weighted by molar-refractivity contribution is 6.23. The first-order valence-corrected chi connectivity index (χ1v) is 6.14. The van der Waals surface area contributed by atoms with E-state index in [2.05, 4.69) is 5.32 Å². The predicted molar refractivity (Wildman–Crippen MR) is 72.3 cm³/mol. The van der Waals surface area contributed by atoms with Crippen LogP contribution in [0.25, 0.3) is 5.70 Å². The first kappa shape index (κ1) is 14.0. The summed E-state index contributed by atoms with van der Waals surface area (Å²) in [6, 6.07) is 8.90. The Hall–Kier alpha value is -2.43. The Morgan fingerprint density at radius 2 is 1.80 bits per heavy atom. The van der Waals surface area contributed by atoms with E-state index in [1.807, 2.05) is 6.07 Å². The van der Waals surface area contributed by atoms with Gasteiger partial charge in [0, 0.05) is 0 Å². The number of Topliss-reactive ketones (excluding diaryl/α,β-unsaturated/α-hetero) is 1. The standard InChI is InChI=1S/C15H15NO4/c1-9(17)15(2)11(13(18)20-3)12(16-14(15)19)10-7-5-4-6-8-10/h4-8H,1-3H3,(H,16,19). The molecule has 0 saturated carbocycles. The lowest BCUT2D eigenvalue weighted by molar-refractivity contribution is -0.143. The number of esters is 1. The van der Waals surface area contributed by atoms with Crippen LogP contribution >= 0.6 is 0 Å². The van der Waals surface area contributed by atoms with E-state index < -0.39 is 23.1 Å². The minimum absolute atomic E-state index is 0.0590. The van der Waals surface area contributed by atoms with Gasteiger partial charge in [0.05, 0.1) is 18.4 Å². The summed E-state index contributed by atoms with van der Waals surface area (Å²) < 4.78 is 4.74. The topological polar surface area (TPSA) is 72.5 Å². The summed E-state index contributed by atoms with van der Waals surface area (Å²) in [5.74, 6) is -1.59. The normalized spacial score (nSPS) is 21.6. The molecule has 1 aliphatic heterocycles. The third kappa shape index (κ3) is 1.91. The zero-order chi connectivity index (χ0) is 14.9. The zero-order valence-corrected chi connectivity index (χ0v) is 11.5. The van der Waals surface area contributed by atoms with Gasteiger partial charge in [-0.15, -0.1) is 0 Å². The maximum Gasteiger partial charge on any atom is 0.337 e. The fourth-order valence-electron chi connectivity index (χ4n) is 2.23. The largest absolute Gasteiger partial charge is 0.466 e. The average molecular weight is 273 g/mol. The fourth-order valence-corrected chi connectivity index (χ4v) is 2.23. The van der Waals surface area contributed by atoms with E-state index in [-0.39, 0.29) is 5.57 Å². The molecule has 1 aromatic carbocycles. The van der Waals surface area contributed by atoms with Gasteiger partial charge in [0.1, 0.15) is 11.2 Å². The van der Waals surface area contributed by atoms with Gasteiger partial charge < -0.3 is 10.1 Å². The number of rotatable bonds is 3. The lowest BCUT2D eigenvalue weighted by Crippen LogP contribution is -2.39. The van der Waals surface area contributed by atoms with E-state index in [0.717, 1.165) is 0 Å². The van der Waals surface area contributed by atoms with E-state index in [1.165, 1.54) is 21.0 Å². The van der Waals surface area contributed by atoms with Crippen molar-refractivity contribution in [1.29, 1.82) is 0 Å². The van der Waals surface area contributed by atoms with Crippen molar-refractivity contribution in [3.05, 3.63) is 41.5 Å². The highest BCUT2D eigenvalue weighted by Crippen LogP contribution is 2.39. The molecule has 0 bridgehead atoms. The second-order valence-corrected chi connectivity index (χ2v) is 4.74. The number of nitrogens with one attached hydrogen (secondary N) is 1. The Morgan fingerprint density at radius 1 is 1.20 bits per heavy atom. The Bertz CT molecular complexity index is 618. The van der Waals surface area contributed by atoms with E-state index in [9.17, 15) is 14.4 Å². The molecule has 20 heavy (non-hydrogen) atoms. The molecule has 1 aliphatic rings. The molecule has 0 saturated heterocycles. The van der Waals surface area contributed by atoms with Crippen LogP contribution in [0.2, 0.25) is 0 Å². The summed E-state index contributed by atoms with van der Waals surface area (Å²) in [6.07, 6.45) is 0.